The number of rotatable bonds is 7. The minimum Gasteiger partial charge on any atom is -0.398 e. The van der Waals surface area contributed by atoms with E-state index in [0.29, 0.717) is 16.2 Å². The molecule has 0 radical (unpaired) electrons. The second-order valence-electron chi connectivity index (χ2n) is 9.02. The zero-order chi connectivity index (χ0) is 31.2. The maximum absolute atomic E-state index is 11.9. The average molecular weight is 642 g/mol. The predicted molar refractivity (Wildman–Crippen MR) is 157 cm³/mol. The lowest BCUT2D eigenvalue weighted by molar-refractivity contribution is 0.481. The van der Waals surface area contributed by atoms with Gasteiger partial charge in [-0.05, 0) is 66.7 Å². The van der Waals surface area contributed by atoms with Crippen LogP contribution in [0.15, 0.2) is 120 Å². The van der Waals surface area contributed by atoms with Crippen LogP contribution in [0.2, 0.25) is 0 Å². The van der Waals surface area contributed by atoms with Gasteiger partial charge in [0.05, 0.1) is 37.4 Å². The summed E-state index contributed by atoms with van der Waals surface area (Å²) in [7, 11) is -13.6. The van der Waals surface area contributed by atoms with Gasteiger partial charge in [0.15, 0.2) is 0 Å². The Morgan fingerprint density at radius 2 is 0.907 bits per heavy atom. The zero-order valence-corrected chi connectivity index (χ0v) is 23.9. The third kappa shape index (κ3) is 6.41. The zero-order valence-electron chi connectivity index (χ0n) is 21.5. The fourth-order valence-corrected chi connectivity index (χ4v) is 5.67. The van der Waals surface area contributed by atoms with Crippen molar-refractivity contribution in [3.8, 4) is 0 Å². The summed E-state index contributed by atoms with van der Waals surface area (Å²) in [5, 5.41) is 17.9. The molecule has 5 rings (SSSR count). The van der Waals surface area contributed by atoms with Crippen LogP contribution in [-0.4, -0.2) is 38.9 Å². The lowest BCUT2D eigenvalue weighted by Gasteiger charge is -2.08. The molecule has 0 aliphatic heterocycles. The maximum atomic E-state index is 11.9. The van der Waals surface area contributed by atoms with Gasteiger partial charge >= 0.3 is 0 Å². The van der Waals surface area contributed by atoms with Crippen molar-refractivity contribution in [1.29, 1.82) is 0 Å². The number of fused-ring (bicyclic) bond motifs is 2. The molecule has 5 aromatic carbocycles. The van der Waals surface area contributed by atoms with Crippen LogP contribution in [-0.2, 0) is 30.4 Å². The minimum absolute atomic E-state index is 0.106. The lowest BCUT2D eigenvalue weighted by Crippen LogP contribution is -1.98. The average Bonchev–Trinajstić information content (AvgIpc) is 2.94. The molecule has 0 atom stereocenters. The standard InChI is InChI=1S/C26H19N5O9S3/c27-23-8-9-24(19-6-4-17(13-21(19)23)42(35,36)37)30-31-26-11-10-25(20-7-5-18(14-22(20)26)43(38,39)40)29-28-15-2-1-3-16(12-15)41(32,33)34/h1-14H,27H2,(H,32,33,34)(H,35,36,37)(H,38,39,40)/b29-28+,31-30+. The smallest absolute Gasteiger partial charge is 0.294 e. The molecular weight excluding hydrogens is 623 g/mol. The molecule has 0 fully saturated rings. The van der Waals surface area contributed by atoms with Gasteiger partial charge in [-0.3, -0.25) is 13.7 Å². The number of hydrogen-bond donors (Lipinski definition) is 4. The quantitative estimate of drug-likeness (QED) is 0.0898. The van der Waals surface area contributed by atoms with E-state index in [4.69, 9.17) is 5.73 Å². The van der Waals surface area contributed by atoms with Crippen LogP contribution in [0.25, 0.3) is 21.5 Å². The minimum atomic E-state index is -4.61. The molecule has 0 aliphatic rings. The van der Waals surface area contributed by atoms with Gasteiger partial charge in [0, 0.05) is 27.2 Å². The van der Waals surface area contributed by atoms with Gasteiger partial charge in [-0.1, -0.05) is 18.2 Å². The lowest BCUT2D eigenvalue weighted by atomic mass is 10.1. The van der Waals surface area contributed by atoms with Crippen molar-refractivity contribution in [3.63, 3.8) is 0 Å². The molecule has 0 amide bonds. The number of nitrogens with zero attached hydrogens (tertiary/aromatic N) is 4. The number of benzene rings is 5. The molecule has 43 heavy (non-hydrogen) atoms. The summed E-state index contributed by atoms with van der Waals surface area (Å²) in [6, 6.07) is 18.5. The number of anilines is 1. The summed E-state index contributed by atoms with van der Waals surface area (Å²) in [6.07, 6.45) is 0. The molecule has 5 aromatic rings. The van der Waals surface area contributed by atoms with E-state index in [-0.39, 0.29) is 43.6 Å². The highest BCUT2D eigenvalue weighted by Crippen LogP contribution is 2.38. The highest BCUT2D eigenvalue weighted by molar-refractivity contribution is 7.86. The van der Waals surface area contributed by atoms with Crippen molar-refractivity contribution in [2.75, 3.05) is 5.73 Å². The Kier molecular flexibility index (Phi) is 7.55. The normalized spacial score (nSPS) is 13.0. The first-order chi connectivity index (χ1) is 20.1. The summed E-state index contributed by atoms with van der Waals surface area (Å²) in [6.45, 7) is 0. The largest absolute Gasteiger partial charge is 0.398 e. The van der Waals surface area contributed by atoms with Crippen LogP contribution < -0.4 is 5.73 Å². The Morgan fingerprint density at radius 3 is 1.47 bits per heavy atom. The fourth-order valence-electron chi connectivity index (χ4n) is 4.14. The third-order valence-corrected chi connectivity index (χ3v) is 8.74. The van der Waals surface area contributed by atoms with Crippen LogP contribution in [0.5, 0.6) is 0 Å². The van der Waals surface area contributed by atoms with Crippen molar-refractivity contribution in [2.45, 2.75) is 14.7 Å². The van der Waals surface area contributed by atoms with Crippen LogP contribution in [0.1, 0.15) is 0 Å². The monoisotopic (exact) mass is 641 g/mol. The van der Waals surface area contributed by atoms with Crippen molar-refractivity contribution >= 4 is 80.3 Å². The van der Waals surface area contributed by atoms with Gasteiger partial charge in [0.2, 0.25) is 0 Å². The number of azo groups is 2. The second-order valence-corrected chi connectivity index (χ2v) is 13.3. The molecule has 17 heteroatoms. The molecule has 0 unspecified atom stereocenters. The summed E-state index contributed by atoms with van der Waals surface area (Å²) < 4.78 is 98.1. The molecule has 0 spiro atoms. The third-order valence-electron chi connectivity index (χ3n) is 6.19. The number of hydrogen-bond acceptors (Lipinski definition) is 11. The van der Waals surface area contributed by atoms with E-state index in [2.05, 4.69) is 20.5 Å². The number of nitrogens with two attached hydrogens (primary N) is 1. The van der Waals surface area contributed by atoms with Crippen molar-refractivity contribution in [3.05, 3.63) is 84.9 Å². The van der Waals surface area contributed by atoms with E-state index >= 15 is 0 Å². The van der Waals surface area contributed by atoms with Crippen LogP contribution in [0, 0.1) is 0 Å². The van der Waals surface area contributed by atoms with Gasteiger partial charge in [-0.2, -0.15) is 30.4 Å². The SMILES string of the molecule is Nc1ccc(/N=N/c2ccc(/N=N/c3cccc(S(=O)(=O)O)c3)c3ccc(S(=O)(=O)O)cc23)c2ccc(S(=O)(=O)O)cc12. The van der Waals surface area contributed by atoms with Crippen molar-refractivity contribution in [2.24, 2.45) is 20.5 Å². The van der Waals surface area contributed by atoms with Gasteiger partial charge in [0.25, 0.3) is 30.4 Å². The molecule has 5 N–H and O–H groups in total. The summed E-state index contributed by atoms with van der Waals surface area (Å²) in [4.78, 5) is -1.17. The van der Waals surface area contributed by atoms with Crippen LogP contribution in [0.3, 0.4) is 0 Å². The second kappa shape index (κ2) is 10.9. The molecule has 14 nitrogen and oxygen atoms in total. The predicted octanol–water partition coefficient (Wildman–Crippen LogP) is 6.15. The van der Waals surface area contributed by atoms with E-state index in [1.165, 1.54) is 66.7 Å². The molecule has 220 valence electrons. The Bertz CT molecular complexity index is 2340. The Hall–Kier alpha value is -4.65. The highest BCUT2D eigenvalue weighted by Gasteiger charge is 2.16. The van der Waals surface area contributed by atoms with Crippen molar-refractivity contribution in [1.82, 2.24) is 0 Å². The first-order valence-electron chi connectivity index (χ1n) is 11.9. The van der Waals surface area contributed by atoms with Gasteiger partial charge in [-0.15, -0.1) is 15.3 Å². The molecule has 0 aliphatic carbocycles. The first kappa shape index (κ1) is 29.8. The molecule has 0 aromatic heterocycles. The topological polar surface area (TPSA) is 239 Å². The summed E-state index contributed by atoms with van der Waals surface area (Å²) in [5.74, 6) is 0. The van der Waals surface area contributed by atoms with Crippen LogP contribution >= 0.6 is 0 Å². The van der Waals surface area contributed by atoms with E-state index in [1.54, 1.807) is 0 Å². The Balaban J connectivity index is 1.62. The fraction of sp³-hybridized carbons (Fsp3) is 0. The Labute approximate surface area is 244 Å². The van der Waals surface area contributed by atoms with Gasteiger partial charge in [0.1, 0.15) is 0 Å². The molecule has 0 saturated heterocycles. The van der Waals surface area contributed by atoms with E-state index in [9.17, 15) is 38.9 Å². The first-order valence-corrected chi connectivity index (χ1v) is 16.2. The summed E-state index contributed by atoms with van der Waals surface area (Å²) >= 11 is 0. The van der Waals surface area contributed by atoms with Gasteiger partial charge in [-0.25, -0.2) is 0 Å². The molecular formula is C26H19N5O9S3. The van der Waals surface area contributed by atoms with Gasteiger partial charge < -0.3 is 5.73 Å². The van der Waals surface area contributed by atoms with E-state index in [0.717, 1.165) is 18.2 Å². The Morgan fingerprint density at radius 1 is 0.465 bits per heavy atom. The molecule has 0 bridgehead atoms. The summed E-state index contributed by atoms with van der Waals surface area (Å²) in [5.41, 5.74) is 6.99. The van der Waals surface area contributed by atoms with E-state index < -0.39 is 35.2 Å². The maximum Gasteiger partial charge on any atom is 0.294 e. The molecule has 0 heterocycles. The highest BCUT2D eigenvalue weighted by atomic mass is 32.2. The van der Waals surface area contributed by atoms with E-state index in [1.807, 2.05) is 0 Å². The van der Waals surface area contributed by atoms with Crippen molar-refractivity contribution < 1.29 is 38.9 Å². The van der Waals surface area contributed by atoms with Crippen LogP contribution in [0.4, 0.5) is 28.4 Å². The number of nitrogen functional groups attached to an aromatic ring is 1. The molecule has 0 saturated carbocycles.